The van der Waals surface area contributed by atoms with Crippen molar-refractivity contribution in [2.24, 2.45) is 0 Å². The Morgan fingerprint density at radius 2 is 2.11 bits per heavy atom. The van der Waals surface area contributed by atoms with Crippen molar-refractivity contribution in [2.45, 2.75) is 24.7 Å². The van der Waals surface area contributed by atoms with Crippen LogP contribution in [-0.2, 0) is 5.41 Å². The summed E-state index contributed by atoms with van der Waals surface area (Å²) in [5.41, 5.74) is -0.0538. The van der Waals surface area contributed by atoms with Gasteiger partial charge in [-0.3, -0.25) is 0 Å². The zero-order valence-electron chi connectivity index (χ0n) is 10.1. The molecule has 0 spiro atoms. The zero-order chi connectivity index (χ0) is 13.5. The number of hydrogen-bond acceptors (Lipinski definition) is 2. The van der Waals surface area contributed by atoms with Crippen molar-refractivity contribution in [1.29, 1.82) is 5.26 Å². The number of nitrogens with one attached hydrogen (secondary N) is 1. The normalized spacial score (nSPS) is 16.7. The Hall–Kier alpha value is -2.22. The Morgan fingerprint density at radius 1 is 1.32 bits per heavy atom. The predicted octanol–water partition coefficient (Wildman–Crippen LogP) is 3.30. The molecule has 1 heterocycles. The van der Waals surface area contributed by atoms with Crippen molar-refractivity contribution in [3.05, 3.63) is 41.9 Å². The van der Waals surface area contributed by atoms with Crippen molar-refractivity contribution in [2.75, 3.05) is 0 Å². The van der Waals surface area contributed by atoms with Gasteiger partial charge in [0, 0.05) is 5.56 Å². The first-order valence-electron chi connectivity index (χ1n) is 6.07. The standard InChI is InChI=1S/C14H11F2N3/c15-9-2-3-11(16)10(6-9)12-7-18-13(19-12)14(8-17)4-1-5-14/h2-3,6-7H,1,4-5H2,(H,18,19). The van der Waals surface area contributed by atoms with Crippen molar-refractivity contribution >= 4 is 0 Å². The number of nitriles is 1. The van der Waals surface area contributed by atoms with E-state index in [1.54, 1.807) is 0 Å². The fourth-order valence-corrected chi connectivity index (χ4v) is 2.34. The molecule has 0 bridgehead atoms. The summed E-state index contributed by atoms with van der Waals surface area (Å²) in [4.78, 5) is 7.11. The van der Waals surface area contributed by atoms with Gasteiger partial charge in [0.05, 0.1) is 18.0 Å². The molecule has 1 aliphatic carbocycles. The summed E-state index contributed by atoms with van der Waals surface area (Å²) in [5.74, 6) is -0.484. The highest BCUT2D eigenvalue weighted by Crippen LogP contribution is 2.42. The van der Waals surface area contributed by atoms with Crippen molar-refractivity contribution in [1.82, 2.24) is 9.97 Å². The predicted molar refractivity (Wildman–Crippen MR) is 65.1 cm³/mol. The highest BCUT2D eigenvalue weighted by molar-refractivity contribution is 5.59. The van der Waals surface area contributed by atoms with Crippen LogP contribution in [0.2, 0.25) is 0 Å². The molecular weight excluding hydrogens is 248 g/mol. The van der Waals surface area contributed by atoms with E-state index in [0.29, 0.717) is 11.5 Å². The van der Waals surface area contributed by atoms with Crippen LogP contribution in [0.1, 0.15) is 25.1 Å². The monoisotopic (exact) mass is 259 g/mol. The van der Waals surface area contributed by atoms with Crippen LogP contribution >= 0.6 is 0 Å². The molecule has 0 atom stereocenters. The number of hydrogen-bond donors (Lipinski definition) is 1. The van der Waals surface area contributed by atoms with Gasteiger partial charge < -0.3 is 4.98 Å². The highest BCUT2D eigenvalue weighted by Gasteiger charge is 2.41. The van der Waals surface area contributed by atoms with E-state index < -0.39 is 17.0 Å². The fraction of sp³-hybridized carbons (Fsp3) is 0.286. The molecule has 96 valence electrons. The maximum absolute atomic E-state index is 13.7. The first-order valence-corrected chi connectivity index (χ1v) is 6.07. The van der Waals surface area contributed by atoms with Gasteiger partial charge in [-0.15, -0.1) is 0 Å². The molecule has 3 rings (SSSR count). The minimum atomic E-state index is -0.581. The van der Waals surface area contributed by atoms with Gasteiger partial charge in [-0.25, -0.2) is 13.8 Å². The average Bonchev–Trinajstić information content (AvgIpc) is 2.81. The lowest BCUT2D eigenvalue weighted by Gasteiger charge is -2.32. The SMILES string of the molecule is N#CC1(c2ncc(-c3cc(F)ccc3F)[nH]2)CCC1. The first-order chi connectivity index (χ1) is 9.14. The minimum Gasteiger partial charge on any atom is -0.341 e. The molecule has 0 radical (unpaired) electrons. The molecule has 0 unspecified atom stereocenters. The van der Waals surface area contributed by atoms with Gasteiger partial charge in [0.2, 0.25) is 0 Å². The largest absolute Gasteiger partial charge is 0.341 e. The Balaban J connectivity index is 2.02. The Morgan fingerprint density at radius 3 is 2.74 bits per heavy atom. The second-order valence-electron chi connectivity index (χ2n) is 4.82. The van der Waals surface area contributed by atoms with E-state index in [1.165, 1.54) is 6.20 Å². The van der Waals surface area contributed by atoms with E-state index in [2.05, 4.69) is 16.0 Å². The lowest BCUT2D eigenvalue weighted by Crippen LogP contribution is -2.33. The number of aromatic amines is 1. The second-order valence-corrected chi connectivity index (χ2v) is 4.82. The summed E-state index contributed by atoms with van der Waals surface area (Å²) >= 11 is 0. The van der Waals surface area contributed by atoms with Crippen molar-refractivity contribution in [3.8, 4) is 17.3 Å². The molecule has 5 heteroatoms. The maximum Gasteiger partial charge on any atom is 0.132 e. The number of benzene rings is 1. The number of rotatable bonds is 2. The summed E-state index contributed by atoms with van der Waals surface area (Å²) in [5, 5.41) is 9.22. The van der Waals surface area contributed by atoms with Crippen LogP contribution < -0.4 is 0 Å². The Labute approximate surface area is 108 Å². The van der Waals surface area contributed by atoms with Gasteiger partial charge in [-0.05, 0) is 37.5 Å². The van der Waals surface area contributed by atoms with E-state index in [1.807, 2.05) is 0 Å². The number of halogens is 2. The van der Waals surface area contributed by atoms with Gasteiger partial charge >= 0.3 is 0 Å². The third-order valence-corrected chi connectivity index (χ3v) is 3.67. The molecule has 1 saturated carbocycles. The molecule has 0 aliphatic heterocycles. The Bertz CT molecular complexity index is 666. The molecule has 2 aromatic rings. The van der Waals surface area contributed by atoms with Crippen LogP contribution in [-0.4, -0.2) is 9.97 Å². The van der Waals surface area contributed by atoms with Crippen molar-refractivity contribution in [3.63, 3.8) is 0 Å². The van der Waals surface area contributed by atoms with E-state index in [9.17, 15) is 14.0 Å². The molecule has 1 aliphatic rings. The topological polar surface area (TPSA) is 52.5 Å². The smallest absolute Gasteiger partial charge is 0.132 e. The van der Waals surface area contributed by atoms with Crippen molar-refractivity contribution < 1.29 is 8.78 Å². The quantitative estimate of drug-likeness (QED) is 0.899. The molecule has 1 fully saturated rings. The van der Waals surface area contributed by atoms with E-state index in [-0.39, 0.29) is 5.56 Å². The summed E-state index contributed by atoms with van der Waals surface area (Å²) < 4.78 is 26.8. The van der Waals surface area contributed by atoms with Gasteiger partial charge in [0.25, 0.3) is 0 Å². The second kappa shape index (κ2) is 4.16. The Kier molecular flexibility index (Phi) is 2.59. The van der Waals surface area contributed by atoms with Crippen LogP contribution in [0.25, 0.3) is 11.3 Å². The number of imidazole rings is 1. The van der Waals surface area contributed by atoms with Crippen LogP contribution in [0, 0.1) is 23.0 Å². The highest BCUT2D eigenvalue weighted by atomic mass is 19.1. The van der Waals surface area contributed by atoms with E-state index in [4.69, 9.17) is 0 Å². The summed E-state index contributed by atoms with van der Waals surface area (Å²) in [7, 11) is 0. The molecule has 1 N–H and O–H groups in total. The van der Waals surface area contributed by atoms with Gasteiger partial charge in [-0.2, -0.15) is 5.26 Å². The van der Waals surface area contributed by atoms with Crippen LogP contribution in [0.5, 0.6) is 0 Å². The summed E-state index contributed by atoms with van der Waals surface area (Å²) in [6.07, 6.45) is 3.94. The third kappa shape index (κ3) is 1.80. The molecule has 1 aromatic carbocycles. The summed E-state index contributed by atoms with van der Waals surface area (Å²) in [6, 6.07) is 5.52. The average molecular weight is 259 g/mol. The third-order valence-electron chi connectivity index (χ3n) is 3.67. The lowest BCUT2D eigenvalue weighted by atomic mass is 9.69. The van der Waals surface area contributed by atoms with Gasteiger partial charge in [0.15, 0.2) is 0 Å². The van der Waals surface area contributed by atoms with E-state index >= 15 is 0 Å². The maximum atomic E-state index is 13.7. The van der Waals surface area contributed by atoms with Gasteiger partial charge in [-0.1, -0.05) is 0 Å². The fourth-order valence-electron chi connectivity index (χ4n) is 2.34. The molecular formula is C14H11F2N3. The van der Waals surface area contributed by atoms with E-state index in [0.717, 1.165) is 37.5 Å². The molecule has 19 heavy (non-hydrogen) atoms. The van der Waals surface area contributed by atoms with Crippen LogP contribution in [0.15, 0.2) is 24.4 Å². The summed E-state index contributed by atoms with van der Waals surface area (Å²) in [6.45, 7) is 0. The first kappa shape index (κ1) is 11.8. The van der Waals surface area contributed by atoms with Crippen LogP contribution in [0.3, 0.4) is 0 Å². The van der Waals surface area contributed by atoms with Crippen LogP contribution in [0.4, 0.5) is 8.78 Å². The minimum absolute atomic E-state index is 0.131. The molecule has 0 saturated heterocycles. The number of aromatic nitrogens is 2. The molecule has 0 amide bonds. The number of H-pyrrole nitrogens is 1. The molecule has 3 nitrogen and oxygen atoms in total. The molecule has 1 aromatic heterocycles. The van der Waals surface area contributed by atoms with Gasteiger partial charge in [0.1, 0.15) is 22.9 Å². The lowest BCUT2D eigenvalue weighted by molar-refractivity contribution is 0.309. The zero-order valence-corrected chi connectivity index (χ0v) is 10.1. The number of nitrogens with zero attached hydrogens (tertiary/aromatic N) is 2.